The summed E-state index contributed by atoms with van der Waals surface area (Å²) in [7, 11) is -4.61. The molecule has 0 heterocycles. The molecule has 0 spiro atoms. The Morgan fingerprint density at radius 2 is 1.02 bits per heavy atom. The molecular formula is C37H71O10P. The lowest BCUT2D eigenvalue weighted by atomic mass is 10.0. The molecular weight excluding hydrogens is 635 g/mol. The first-order chi connectivity index (χ1) is 23.2. The predicted octanol–water partition coefficient (Wildman–Crippen LogP) is 9.28. The highest BCUT2D eigenvalue weighted by atomic mass is 31.2. The molecule has 10 nitrogen and oxygen atoms in total. The van der Waals surface area contributed by atoms with E-state index in [9.17, 15) is 24.2 Å². The van der Waals surface area contributed by atoms with Gasteiger partial charge in [-0.2, -0.15) is 0 Å². The molecule has 0 aromatic heterocycles. The maximum absolute atomic E-state index is 12.5. The monoisotopic (exact) mass is 706 g/mol. The van der Waals surface area contributed by atoms with Gasteiger partial charge in [-0.1, -0.05) is 135 Å². The Hall–Kier alpha value is -1.29. The Morgan fingerprint density at radius 1 is 0.604 bits per heavy atom. The number of aliphatic hydroxyl groups excluding tert-OH is 2. The molecule has 0 aliphatic carbocycles. The zero-order valence-corrected chi connectivity index (χ0v) is 31.4. The highest BCUT2D eigenvalue weighted by Crippen LogP contribution is 2.43. The second kappa shape index (κ2) is 34.2. The van der Waals surface area contributed by atoms with Crippen LogP contribution in [0.3, 0.4) is 0 Å². The van der Waals surface area contributed by atoms with Crippen LogP contribution < -0.4 is 0 Å². The molecule has 284 valence electrons. The van der Waals surface area contributed by atoms with Gasteiger partial charge in [-0.25, -0.2) is 4.57 Å². The molecule has 3 atom stereocenters. The largest absolute Gasteiger partial charge is 0.472 e. The number of phosphoric ester groups is 1. The molecule has 0 saturated carbocycles. The second-order valence-electron chi connectivity index (χ2n) is 13.0. The van der Waals surface area contributed by atoms with Crippen molar-refractivity contribution in [1.29, 1.82) is 0 Å². The first kappa shape index (κ1) is 46.7. The minimum atomic E-state index is -4.61. The van der Waals surface area contributed by atoms with Crippen LogP contribution in [0.4, 0.5) is 0 Å². The molecule has 0 radical (unpaired) electrons. The van der Waals surface area contributed by atoms with E-state index >= 15 is 0 Å². The van der Waals surface area contributed by atoms with Gasteiger partial charge in [-0.15, -0.1) is 0 Å². The first-order valence-electron chi connectivity index (χ1n) is 19.1. The number of ether oxygens (including phenoxy) is 2. The van der Waals surface area contributed by atoms with Gasteiger partial charge in [-0.05, 0) is 38.5 Å². The number of carbonyl (C=O) groups excluding carboxylic acids is 2. The van der Waals surface area contributed by atoms with Crippen molar-refractivity contribution in [2.24, 2.45) is 0 Å². The van der Waals surface area contributed by atoms with Crippen molar-refractivity contribution in [3.63, 3.8) is 0 Å². The van der Waals surface area contributed by atoms with Crippen LogP contribution in [-0.4, -0.2) is 65.7 Å². The fourth-order valence-electron chi connectivity index (χ4n) is 5.16. The normalized spacial score (nSPS) is 14.2. The smallest absolute Gasteiger partial charge is 0.462 e. The van der Waals surface area contributed by atoms with Gasteiger partial charge in [-0.3, -0.25) is 18.6 Å². The zero-order valence-electron chi connectivity index (χ0n) is 30.5. The molecule has 0 amide bonds. The van der Waals surface area contributed by atoms with Crippen molar-refractivity contribution in [2.45, 2.75) is 187 Å². The SMILES string of the molecule is CCCCC/C=C\CCCCCCCC(=O)OC(COC(=O)CCCCCCCCCCCCCCC)COP(=O)(O)OCC(O)CO. The minimum Gasteiger partial charge on any atom is -0.462 e. The lowest BCUT2D eigenvalue weighted by Crippen LogP contribution is -2.29. The van der Waals surface area contributed by atoms with Gasteiger partial charge in [0, 0.05) is 12.8 Å². The van der Waals surface area contributed by atoms with E-state index in [4.69, 9.17) is 19.1 Å². The van der Waals surface area contributed by atoms with Crippen molar-refractivity contribution >= 4 is 19.8 Å². The summed E-state index contributed by atoms with van der Waals surface area (Å²) in [6.07, 6.45) is 28.9. The van der Waals surface area contributed by atoms with E-state index in [2.05, 4.69) is 30.5 Å². The number of allylic oxidation sites excluding steroid dienone is 2. The van der Waals surface area contributed by atoms with Gasteiger partial charge in [0.15, 0.2) is 6.10 Å². The standard InChI is InChI=1S/C37H71O10P/c1-3-5-7-9-11-13-15-17-19-20-22-24-26-28-36(40)44-32-35(33-46-48(42,43)45-31-34(39)30-38)47-37(41)29-27-25-23-21-18-16-14-12-10-8-6-4-2/h12,14,34-35,38-39H,3-11,13,15-33H2,1-2H3,(H,42,43)/b14-12-. The summed E-state index contributed by atoms with van der Waals surface area (Å²) in [5.41, 5.74) is 0. The summed E-state index contributed by atoms with van der Waals surface area (Å²) in [6.45, 7) is 2.34. The minimum absolute atomic E-state index is 0.177. The van der Waals surface area contributed by atoms with Crippen LogP contribution in [0.5, 0.6) is 0 Å². The Balaban J connectivity index is 4.36. The van der Waals surface area contributed by atoms with E-state index in [1.165, 1.54) is 77.0 Å². The third-order valence-corrected chi connectivity index (χ3v) is 9.12. The molecule has 3 N–H and O–H groups in total. The lowest BCUT2D eigenvalue weighted by molar-refractivity contribution is -0.161. The third kappa shape index (κ3) is 33.2. The Morgan fingerprint density at radius 3 is 1.54 bits per heavy atom. The molecule has 11 heteroatoms. The molecule has 0 aliphatic rings. The van der Waals surface area contributed by atoms with Crippen LogP contribution in [0.25, 0.3) is 0 Å². The van der Waals surface area contributed by atoms with Crippen LogP contribution in [0.1, 0.15) is 174 Å². The average molecular weight is 707 g/mol. The quantitative estimate of drug-likeness (QED) is 0.0249. The Kier molecular flexibility index (Phi) is 33.3. The zero-order chi connectivity index (χ0) is 35.6. The lowest BCUT2D eigenvalue weighted by Gasteiger charge is -2.20. The van der Waals surface area contributed by atoms with Crippen LogP contribution in [0.2, 0.25) is 0 Å². The maximum atomic E-state index is 12.5. The van der Waals surface area contributed by atoms with E-state index in [-0.39, 0.29) is 19.4 Å². The molecule has 3 unspecified atom stereocenters. The summed E-state index contributed by atoms with van der Waals surface area (Å²) in [5, 5.41) is 18.3. The fraction of sp³-hybridized carbons (Fsp3) is 0.892. The molecule has 48 heavy (non-hydrogen) atoms. The van der Waals surface area contributed by atoms with Crippen molar-refractivity contribution in [2.75, 3.05) is 26.4 Å². The third-order valence-electron chi connectivity index (χ3n) is 8.17. The first-order valence-corrected chi connectivity index (χ1v) is 20.6. The fourth-order valence-corrected chi connectivity index (χ4v) is 5.95. The molecule has 0 rings (SSSR count). The number of carbonyl (C=O) groups is 2. The summed E-state index contributed by atoms with van der Waals surface area (Å²) < 4.78 is 32.5. The number of rotatable bonds is 36. The summed E-state index contributed by atoms with van der Waals surface area (Å²) >= 11 is 0. The van der Waals surface area contributed by atoms with E-state index in [0.717, 1.165) is 57.8 Å². The number of aliphatic hydroxyl groups is 2. The van der Waals surface area contributed by atoms with Gasteiger partial charge in [0.25, 0.3) is 0 Å². The van der Waals surface area contributed by atoms with Crippen LogP contribution in [0, 0.1) is 0 Å². The summed E-state index contributed by atoms with van der Waals surface area (Å²) in [5.74, 6) is -0.931. The second-order valence-corrected chi connectivity index (χ2v) is 14.4. The Labute approximate surface area is 292 Å². The number of unbranched alkanes of at least 4 members (excludes halogenated alkanes) is 20. The van der Waals surface area contributed by atoms with E-state index in [1.807, 2.05) is 0 Å². The van der Waals surface area contributed by atoms with Gasteiger partial charge < -0.3 is 24.6 Å². The highest BCUT2D eigenvalue weighted by Gasteiger charge is 2.27. The van der Waals surface area contributed by atoms with E-state index < -0.39 is 51.8 Å². The predicted molar refractivity (Wildman–Crippen MR) is 192 cm³/mol. The molecule has 0 saturated heterocycles. The van der Waals surface area contributed by atoms with Gasteiger partial charge >= 0.3 is 19.8 Å². The molecule has 0 aliphatic heterocycles. The van der Waals surface area contributed by atoms with Crippen LogP contribution in [0.15, 0.2) is 12.2 Å². The average Bonchev–Trinajstić information content (AvgIpc) is 3.07. The molecule has 0 aromatic rings. The van der Waals surface area contributed by atoms with E-state index in [0.29, 0.717) is 12.8 Å². The van der Waals surface area contributed by atoms with Crippen molar-refractivity contribution < 1.29 is 47.8 Å². The molecule has 0 bridgehead atoms. The van der Waals surface area contributed by atoms with Gasteiger partial charge in [0.2, 0.25) is 0 Å². The van der Waals surface area contributed by atoms with Crippen molar-refractivity contribution in [3.8, 4) is 0 Å². The summed E-state index contributed by atoms with van der Waals surface area (Å²) in [4.78, 5) is 34.8. The summed E-state index contributed by atoms with van der Waals surface area (Å²) in [6, 6.07) is 0. The number of esters is 2. The van der Waals surface area contributed by atoms with Gasteiger partial charge in [0.1, 0.15) is 12.7 Å². The highest BCUT2D eigenvalue weighted by molar-refractivity contribution is 7.47. The topological polar surface area (TPSA) is 149 Å². The van der Waals surface area contributed by atoms with E-state index in [1.54, 1.807) is 0 Å². The van der Waals surface area contributed by atoms with Crippen molar-refractivity contribution in [3.05, 3.63) is 12.2 Å². The molecule has 0 fully saturated rings. The number of hydrogen-bond donors (Lipinski definition) is 3. The van der Waals surface area contributed by atoms with Crippen LogP contribution in [-0.2, 0) is 32.7 Å². The Bertz CT molecular complexity index is 822. The maximum Gasteiger partial charge on any atom is 0.472 e. The van der Waals surface area contributed by atoms with Gasteiger partial charge in [0.05, 0.1) is 19.8 Å². The number of phosphoric acid groups is 1. The van der Waals surface area contributed by atoms with Crippen molar-refractivity contribution in [1.82, 2.24) is 0 Å². The molecule has 0 aromatic carbocycles. The number of hydrogen-bond acceptors (Lipinski definition) is 9. The van der Waals surface area contributed by atoms with Crippen LogP contribution >= 0.6 is 7.82 Å².